The molecule has 1 heterocycles. The van der Waals surface area contributed by atoms with Crippen LogP contribution in [-0.2, 0) is 4.79 Å². The van der Waals surface area contributed by atoms with Gasteiger partial charge in [0.2, 0.25) is 0 Å². The van der Waals surface area contributed by atoms with Gasteiger partial charge in [-0.3, -0.25) is 9.59 Å². The Morgan fingerprint density at radius 2 is 1.74 bits per heavy atom. The Bertz CT molecular complexity index is 1200. The molecule has 0 radical (unpaired) electrons. The van der Waals surface area contributed by atoms with E-state index in [0.717, 1.165) is 11.1 Å². The number of hydrogen-bond donors (Lipinski definition) is 3. The molecule has 0 bridgehead atoms. The lowest BCUT2D eigenvalue weighted by atomic mass is 9.86. The van der Waals surface area contributed by atoms with E-state index in [9.17, 15) is 19.8 Å². The molecule has 174 valence electrons. The van der Waals surface area contributed by atoms with Gasteiger partial charge in [0.1, 0.15) is 28.9 Å². The lowest BCUT2D eigenvalue weighted by molar-refractivity contribution is -0.137. The summed E-state index contributed by atoms with van der Waals surface area (Å²) in [5.74, 6) is -2.06. The number of Topliss-reactive ketones (excluding diaryl/α,β-unsaturated/α-hetero) is 1. The van der Waals surface area contributed by atoms with Crippen LogP contribution in [0.5, 0.6) is 17.2 Å². The third kappa shape index (κ3) is 5.12. The van der Waals surface area contributed by atoms with Crippen LogP contribution in [0.2, 0.25) is 0 Å². The number of carboxylic acid groups (broad SMARTS) is 1. The van der Waals surface area contributed by atoms with Gasteiger partial charge >= 0.3 is 5.97 Å². The van der Waals surface area contributed by atoms with Gasteiger partial charge in [-0.25, -0.2) is 0 Å². The van der Waals surface area contributed by atoms with E-state index in [1.54, 1.807) is 0 Å². The van der Waals surface area contributed by atoms with Crippen molar-refractivity contribution in [2.45, 2.75) is 37.7 Å². The number of carboxylic acids is 1. The highest BCUT2D eigenvalue weighted by molar-refractivity contribution is 6.03. The summed E-state index contributed by atoms with van der Waals surface area (Å²) in [7, 11) is 0. The van der Waals surface area contributed by atoms with E-state index >= 15 is 0 Å². The molecule has 1 aliphatic heterocycles. The van der Waals surface area contributed by atoms with Gasteiger partial charge < -0.3 is 20.1 Å². The lowest BCUT2D eigenvalue weighted by Gasteiger charge is -2.28. The van der Waals surface area contributed by atoms with Crippen LogP contribution in [-0.4, -0.2) is 27.1 Å². The molecule has 0 aromatic heterocycles. The minimum absolute atomic E-state index is 0.0388. The molecule has 0 saturated carbocycles. The van der Waals surface area contributed by atoms with Gasteiger partial charge in [-0.15, -0.1) is 0 Å². The van der Waals surface area contributed by atoms with Crippen LogP contribution >= 0.6 is 0 Å². The number of hydrogen-bond acceptors (Lipinski definition) is 5. The zero-order valence-corrected chi connectivity index (χ0v) is 18.6. The molecule has 4 rings (SSSR count). The molecule has 0 saturated heterocycles. The van der Waals surface area contributed by atoms with Crippen molar-refractivity contribution in [1.29, 1.82) is 0 Å². The average molecular weight is 459 g/mol. The number of phenols is 2. The Labute approximate surface area is 197 Å². The van der Waals surface area contributed by atoms with Crippen molar-refractivity contribution in [2.75, 3.05) is 0 Å². The Morgan fingerprint density at radius 3 is 2.41 bits per heavy atom. The first-order valence-electron chi connectivity index (χ1n) is 11.2. The van der Waals surface area contributed by atoms with Crippen molar-refractivity contribution in [3.8, 4) is 17.2 Å². The van der Waals surface area contributed by atoms with E-state index in [4.69, 9.17) is 9.84 Å². The van der Waals surface area contributed by atoms with Gasteiger partial charge in [-0.2, -0.15) is 0 Å². The minimum Gasteiger partial charge on any atom is -0.507 e. The number of aromatic hydroxyl groups is 2. The summed E-state index contributed by atoms with van der Waals surface area (Å²) in [6.45, 7) is 0. The van der Waals surface area contributed by atoms with Crippen LogP contribution < -0.4 is 4.74 Å². The van der Waals surface area contributed by atoms with Crippen LogP contribution in [0.25, 0.3) is 6.08 Å². The zero-order chi connectivity index (χ0) is 24.1. The highest BCUT2D eigenvalue weighted by Gasteiger charge is 2.34. The number of phenolic OH excluding ortho intramolecular Hbond substituents is 2. The summed E-state index contributed by atoms with van der Waals surface area (Å²) in [6, 6.07) is 20.2. The van der Waals surface area contributed by atoms with E-state index < -0.39 is 18.0 Å². The fourth-order valence-electron chi connectivity index (χ4n) is 4.30. The summed E-state index contributed by atoms with van der Waals surface area (Å²) < 4.78 is 5.99. The summed E-state index contributed by atoms with van der Waals surface area (Å²) in [4.78, 5) is 24.1. The normalized spacial score (nSPS) is 16.1. The van der Waals surface area contributed by atoms with Crippen LogP contribution in [0.4, 0.5) is 0 Å². The second kappa shape index (κ2) is 10.3. The molecular formula is C28H26O6. The van der Waals surface area contributed by atoms with Crippen molar-refractivity contribution in [2.24, 2.45) is 0 Å². The SMILES string of the molecule is O=C(O)CCC[C@@H](C=Cc1ccccc1)c1c(O)cc2c(c1O)C(=O)C[C@H](c1ccccc1)O2. The summed E-state index contributed by atoms with van der Waals surface area (Å²) in [5, 5.41) is 31.0. The smallest absolute Gasteiger partial charge is 0.303 e. The number of carbonyl (C=O) groups excluding carboxylic acids is 1. The van der Waals surface area contributed by atoms with Gasteiger partial charge in [0.05, 0.1) is 6.42 Å². The van der Waals surface area contributed by atoms with Crippen LogP contribution in [0.1, 0.15) is 64.8 Å². The molecule has 0 amide bonds. The summed E-state index contributed by atoms with van der Waals surface area (Å²) >= 11 is 0. The van der Waals surface area contributed by atoms with Crippen LogP contribution in [0.15, 0.2) is 72.8 Å². The van der Waals surface area contributed by atoms with Crippen LogP contribution in [0.3, 0.4) is 0 Å². The molecule has 2 atom stereocenters. The van der Waals surface area contributed by atoms with Gasteiger partial charge in [0, 0.05) is 24.0 Å². The average Bonchev–Trinajstić information content (AvgIpc) is 2.82. The predicted molar refractivity (Wildman–Crippen MR) is 128 cm³/mol. The van der Waals surface area contributed by atoms with Crippen molar-refractivity contribution in [3.05, 3.63) is 95.1 Å². The predicted octanol–water partition coefficient (Wildman–Crippen LogP) is 5.86. The standard InChI is InChI=1S/C28H26O6/c29-21-17-24-27(22(30)16-23(34-24)19-10-5-2-6-11-19)28(33)26(21)20(12-7-13-25(31)32)15-14-18-8-3-1-4-9-18/h1-6,8-11,14-15,17,20,23,29,33H,7,12-13,16H2,(H,31,32)/t20-,23+/m0/s1. The fourth-order valence-corrected chi connectivity index (χ4v) is 4.30. The highest BCUT2D eigenvalue weighted by atomic mass is 16.5. The van der Waals surface area contributed by atoms with Gasteiger partial charge in [0.15, 0.2) is 5.78 Å². The largest absolute Gasteiger partial charge is 0.507 e. The molecule has 3 N–H and O–H groups in total. The Balaban J connectivity index is 1.69. The van der Waals surface area contributed by atoms with Crippen LogP contribution in [0, 0.1) is 0 Å². The molecule has 0 aliphatic carbocycles. The first-order chi connectivity index (χ1) is 16.4. The quantitative estimate of drug-likeness (QED) is 0.391. The summed E-state index contributed by atoms with van der Waals surface area (Å²) in [6.07, 6.45) is 3.91. The molecule has 0 spiro atoms. The maximum Gasteiger partial charge on any atom is 0.303 e. The van der Waals surface area contributed by atoms with E-state index in [2.05, 4.69) is 0 Å². The van der Waals surface area contributed by atoms with E-state index in [1.165, 1.54) is 6.07 Å². The van der Waals surface area contributed by atoms with Gasteiger partial charge in [0.25, 0.3) is 0 Å². The topological polar surface area (TPSA) is 104 Å². The number of allylic oxidation sites excluding steroid dienone is 1. The second-order valence-corrected chi connectivity index (χ2v) is 8.34. The molecule has 0 fully saturated rings. The molecule has 3 aromatic carbocycles. The third-order valence-corrected chi connectivity index (χ3v) is 5.97. The second-order valence-electron chi connectivity index (χ2n) is 8.34. The zero-order valence-electron chi connectivity index (χ0n) is 18.6. The maximum atomic E-state index is 13.0. The van der Waals surface area contributed by atoms with Crippen molar-refractivity contribution < 1.29 is 29.6 Å². The Kier molecular flexibility index (Phi) is 6.97. The molecule has 6 heteroatoms. The molecule has 0 unspecified atom stereocenters. The molecule has 6 nitrogen and oxygen atoms in total. The lowest BCUT2D eigenvalue weighted by Crippen LogP contribution is -2.21. The van der Waals surface area contributed by atoms with Crippen molar-refractivity contribution in [3.63, 3.8) is 0 Å². The van der Waals surface area contributed by atoms with E-state index in [-0.39, 0.29) is 47.0 Å². The Morgan fingerprint density at radius 1 is 1.06 bits per heavy atom. The number of benzene rings is 3. The third-order valence-electron chi connectivity index (χ3n) is 5.97. The van der Waals surface area contributed by atoms with E-state index in [1.807, 2.05) is 72.8 Å². The Hall–Kier alpha value is -4.06. The molecule has 3 aromatic rings. The monoisotopic (exact) mass is 458 g/mol. The number of rotatable bonds is 8. The van der Waals surface area contributed by atoms with Crippen molar-refractivity contribution in [1.82, 2.24) is 0 Å². The first-order valence-corrected chi connectivity index (χ1v) is 11.2. The molecule has 1 aliphatic rings. The fraction of sp³-hybridized carbons (Fsp3) is 0.214. The minimum atomic E-state index is -0.916. The number of aliphatic carboxylic acids is 1. The van der Waals surface area contributed by atoms with Crippen molar-refractivity contribution >= 4 is 17.8 Å². The number of carbonyl (C=O) groups is 2. The maximum absolute atomic E-state index is 13.0. The first kappa shape index (κ1) is 23.1. The molecular weight excluding hydrogens is 432 g/mol. The highest BCUT2D eigenvalue weighted by Crippen LogP contribution is 2.48. The number of fused-ring (bicyclic) bond motifs is 1. The van der Waals surface area contributed by atoms with Gasteiger partial charge in [-0.05, 0) is 24.0 Å². The van der Waals surface area contributed by atoms with E-state index in [0.29, 0.717) is 12.8 Å². The number of ketones is 1. The van der Waals surface area contributed by atoms with Gasteiger partial charge in [-0.1, -0.05) is 72.8 Å². The molecule has 34 heavy (non-hydrogen) atoms. The summed E-state index contributed by atoms with van der Waals surface area (Å²) in [5.41, 5.74) is 2.01. The number of ether oxygens (including phenoxy) is 1.